The van der Waals surface area contributed by atoms with Gasteiger partial charge in [-0.1, -0.05) is 0 Å². The van der Waals surface area contributed by atoms with Crippen molar-refractivity contribution in [3.8, 4) is 17.2 Å². The normalized spacial score (nSPS) is 10.0. The van der Waals surface area contributed by atoms with Crippen LogP contribution in [0, 0.1) is 5.82 Å². The second-order valence-corrected chi connectivity index (χ2v) is 4.19. The van der Waals surface area contributed by atoms with Gasteiger partial charge >= 0.3 is 0 Å². The van der Waals surface area contributed by atoms with E-state index in [2.05, 4.69) is 5.32 Å². The molecule has 0 bridgehead atoms. The number of phenolic OH excluding ortho intramolecular Hbond substituents is 1. The molecular weight excluding hydrogens is 277 g/mol. The van der Waals surface area contributed by atoms with Crippen LogP contribution in [-0.4, -0.2) is 25.2 Å². The van der Waals surface area contributed by atoms with Gasteiger partial charge < -0.3 is 19.9 Å². The van der Waals surface area contributed by atoms with E-state index in [9.17, 15) is 9.18 Å². The van der Waals surface area contributed by atoms with E-state index in [1.54, 1.807) is 18.2 Å². The van der Waals surface area contributed by atoms with Crippen molar-refractivity contribution in [1.82, 2.24) is 0 Å². The van der Waals surface area contributed by atoms with Crippen LogP contribution in [0.1, 0.15) is 10.4 Å². The van der Waals surface area contributed by atoms with Crippen LogP contribution in [0.2, 0.25) is 0 Å². The average Bonchev–Trinajstić information content (AvgIpc) is 2.46. The molecule has 0 atom stereocenters. The summed E-state index contributed by atoms with van der Waals surface area (Å²) in [5.41, 5.74) is 0.271. The van der Waals surface area contributed by atoms with E-state index in [-0.39, 0.29) is 11.3 Å². The van der Waals surface area contributed by atoms with Crippen LogP contribution in [-0.2, 0) is 0 Å². The maximum absolute atomic E-state index is 13.6. The molecule has 0 heterocycles. The number of rotatable bonds is 4. The first kappa shape index (κ1) is 14.6. The Morgan fingerprint density at radius 2 is 1.81 bits per heavy atom. The Balaban J connectivity index is 2.23. The molecule has 2 aromatic rings. The van der Waals surface area contributed by atoms with Crippen molar-refractivity contribution in [2.24, 2.45) is 0 Å². The summed E-state index contributed by atoms with van der Waals surface area (Å²) in [6.07, 6.45) is 0. The highest BCUT2D eigenvalue weighted by Gasteiger charge is 2.13. The lowest BCUT2D eigenvalue weighted by atomic mass is 10.2. The van der Waals surface area contributed by atoms with Gasteiger partial charge in [-0.2, -0.15) is 0 Å². The largest absolute Gasteiger partial charge is 0.508 e. The van der Waals surface area contributed by atoms with Gasteiger partial charge in [0.15, 0.2) is 11.5 Å². The van der Waals surface area contributed by atoms with E-state index in [0.717, 1.165) is 6.07 Å². The fourth-order valence-corrected chi connectivity index (χ4v) is 1.80. The zero-order valence-corrected chi connectivity index (χ0v) is 11.5. The number of carbonyl (C=O) groups is 1. The van der Waals surface area contributed by atoms with Gasteiger partial charge in [0, 0.05) is 17.8 Å². The third kappa shape index (κ3) is 3.22. The first-order valence-electron chi connectivity index (χ1n) is 6.07. The smallest absolute Gasteiger partial charge is 0.258 e. The first-order valence-corrected chi connectivity index (χ1v) is 6.07. The molecule has 2 rings (SSSR count). The SMILES string of the molecule is COc1ccc(NC(=O)c2ccc(O)cc2F)cc1OC. The van der Waals surface area contributed by atoms with Gasteiger partial charge in [0.2, 0.25) is 0 Å². The highest BCUT2D eigenvalue weighted by atomic mass is 19.1. The zero-order valence-electron chi connectivity index (χ0n) is 11.5. The van der Waals surface area contributed by atoms with Crippen molar-refractivity contribution >= 4 is 11.6 Å². The molecule has 0 fully saturated rings. The number of aromatic hydroxyl groups is 1. The highest BCUT2D eigenvalue weighted by Crippen LogP contribution is 2.30. The molecule has 110 valence electrons. The van der Waals surface area contributed by atoms with Gasteiger partial charge in [-0.05, 0) is 24.3 Å². The van der Waals surface area contributed by atoms with Crippen molar-refractivity contribution in [1.29, 1.82) is 0 Å². The Morgan fingerprint density at radius 3 is 2.43 bits per heavy atom. The Kier molecular flexibility index (Phi) is 4.27. The molecule has 0 aromatic heterocycles. The molecule has 0 aliphatic rings. The maximum Gasteiger partial charge on any atom is 0.258 e. The second-order valence-electron chi connectivity index (χ2n) is 4.19. The Morgan fingerprint density at radius 1 is 1.10 bits per heavy atom. The number of amides is 1. The Bertz CT molecular complexity index is 673. The predicted octanol–water partition coefficient (Wildman–Crippen LogP) is 2.80. The number of anilines is 1. The highest BCUT2D eigenvalue weighted by molar-refractivity contribution is 6.04. The van der Waals surface area contributed by atoms with E-state index in [1.807, 2.05) is 0 Å². The number of halogens is 1. The van der Waals surface area contributed by atoms with Crippen LogP contribution in [0.3, 0.4) is 0 Å². The minimum atomic E-state index is -0.798. The van der Waals surface area contributed by atoms with Gasteiger partial charge in [0.25, 0.3) is 5.91 Å². The molecule has 0 saturated heterocycles. The number of benzene rings is 2. The van der Waals surface area contributed by atoms with Gasteiger partial charge in [-0.15, -0.1) is 0 Å². The van der Waals surface area contributed by atoms with E-state index in [1.165, 1.54) is 26.4 Å². The van der Waals surface area contributed by atoms with Crippen LogP contribution >= 0.6 is 0 Å². The molecule has 0 unspecified atom stereocenters. The molecule has 0 aliphatic heterocycles. The van der Waals surface area contributed by atoms with Crippen molar-refractivity contribution in [3.63, 3.8) is 0 Å². The summed E-state index contributed by atoms with van der Waals surface area (Å²) in [4.78, 5) is 12.0. The van der Waals surface area contributed by atoms with E-state index < -0.39 is 11.7 Å². The van der Waals surface area contributed by atoms with Crippen molar-refractivity contribution in [2.45, 2.75) is 0 Å². The number of phenols is 1. The summed E-state index contributed by atoms with van der Waals surface area (Å²) >= 11 is 0. The van der Waals surface area contributed by atoms with Crippen LogP contribution in [0.15, 0.2) is 36.4 Å². The molecule has 0 radical (unpaired) electrons. The van der Waals surface area contributed by atoms with Crippen molar-refractivity contribution in [2.75, 3.05) is 19.5 Å². The van der Waals surface area contributed by atoms with Crippen LogP contribution in [0.5, 0.6) is 17.2 Å². The predicted molar refractivity (Wildman–Crippen MR) is 75.6 cm³/mol. The monoisotopic (exact) mass is 291 g/mol. The average molecular weight is 291 g/mol. The molecule has 2 aromatic carbocycles. The lowest BCUT2D eigenvalue weighted by Crippen LogP contribution is -2.13. The van der Waals surface area contributed by atoms with Gasteiger partial charge in [-0.25, -0.2) is 4.39 Å². The van der Waals surface area contributed by atoms with Crippen LogP contribution in [0.25, 0.3) is 0 Å². The fourth-order valence-electron chi connectivity index (χ4n) is 1.80. The van der Waals surface area contributed by atoms with Crippen molar-refractivity contribution < 1.29 is 23.8 Å². The molecular formula is C15H14FNO4. The molecule has 6 heteroatoms. The standard InChI is InChI=1S/C15H14FNO4/c1-20-13-6-3-9(7-14(13)21-2)17-15(19)11-5-4-10(18)8-12(11)16/h3-8,18H,1-2H3,(H,17,19). The maximum atomic E-state index is 13.6. The van der Waals surface area contributed by atoms with Gasteiger partial charge in [0.1, 0.15) is 11.6 Å². The lowest BCUT2D eigenvalue weighted by Gasteiger charge is -2.11. The van der Waals surface area contributed by atoms with E-state index >= 15 is 0 Å². The third-order valence-electron chi connectivity index (χ3n) is 2.84. The number of ether oxygens (including phenoxy) is 2. The zero-order chi connectivity index (χ0) is 15.4. The number of nitrogens with one attached hydrogen (secondary N) is 1. The van der Waals surface area contributed by atoms with Crippen LogP contribution in [0.4, 0.5) is 10.1 Å². The topological polar surface area (TPSA) is 67.8 Å². The van der Waals surface area contributed by atoms with Crippen molar-refractivity contribution in [3.05, 3.63) is 47.8 Å². The molecule has 0 saturated carbocycles. The molecule has 1 amide bonds. The molecule has 5 nitrogen and oxygen atoms in total. The summed E-state index contributed by atoms with van der Waals surface area (Å²) in [5, 5.41) is 11.7. The summed E-state index contributed by atoms with van der Waals surface area (Å²) in [5.74, 6) is -0.698. The number of hydrogen-bond acceptors (Lipinski definition) is 4. The minimum Gasteiger partial charge on any atom is -0.508 e. The molecule has 0 spiro atoms. The minimum absolute atomic E-state index is 0.164. The summed E-state index contributed by atoms with van der Waals surface area (Å²) in [6, 6.07) is 8.13. The van der Waals surface area contributed by atoms with E-state index in [0.29, 0.717) is 17.2 Å². The van der Waals surface area contributed by atoms with E-state index in [4.69, 9.17) is 14.6 Å². The number of methoxy groups -OCH3 is 2. The number of carbonyl (C=O) groups excluding carboxylic acids is 1. The molecule has 21 heavy (non-hydrogen) atoms. The third-order valence-corrected chi connectivity index (χ3v) is 2.84. The molecule has 0 aliphatic carbocycles. The van der Waals surface area contributed by atoms with Gasteiger partial charge in [-0.3, -0.25) is 4.79 Å². The summed E-state index contributed by atoms with van der Waals surface area (Å²) in [6.45, 7) is 0. The van der Waals surface area contributed by atoms with Gasteiger partial charge in [0.05, 0.1) is 19.8 Å². The number of hydrogen-bond donors (Lipinski definition) is 2. The second kappa shape index (κ2) is 6.13. The first-order chi connectivity index (χ1) is 10.0. The Labute approximate surface area is 120 Å². The van der Waals surface area contributed by atoms with Crippen LogP contribution < -0.4 is 14.8 Å². The molecule has 2 N–H and O–H groups in total. The summed E-state index contributed by atoms with van der Waals surface area (Å²) in [7, 11) is 2.98. The Hall–Kier alpha value is -2.76. The fraction of sp³-hybridized carbons (Fsp3) is 0.133. The summed E-state index contributed by atoms with van der Waals surface area (Å²) < 4.78 is 23.8. The quantitative estimate of drug-likeness (QED) is 0.909. The lowest BCUT2D eigenvalue weighted by molar-refractivity contribution is 0.102.